The van der Waals surface area contributed by atoms with E-state index >= 15 is 0 Å². The number of guanidine groups is 1. The number of nitrogens with zero attached hydrogens (tertiary/aromatic N) is 9. The number of aryl methyl sites for hydroxylation is 13. The first-order valence-corrected chi connectivity index (χ1v) is 39.2. The van der Waals surface area contributed by atoms with Crippen LogP contribution in [0.4, 0.5) is 95.0 Å². The number of ketones is 1. The van der Waals surface area contributed by atoms with Crippen LogP contribution in [0, 0.1) is 125 Å². The number of nitrogen functional groups attached to an aromatic ring is 2. The predicted molar refractivity (Wildman–Crippen MR) is 505 cm³/mol. The minimum Gasteiger partial charge on any atom is -0.444 e. The molecule has 38 heteroatoms. The molecule has 0 spiro atoms. The molecule has 130 heavy (non-hydrogen) atoms. The zero-order chi connectivity index (χ0) is 94.8. The number of ether oxygens (including phenoxy) is 2. The number of anilines is 10. The maximum absolute atomic E-state index is 13.8. The number of Topliss-reactive ketones (excluding diaryl/α,β-unsaturated/α-hetero) is 1. The fraction of sp³-hybridized carbons (Fsp3) is 0.293. The molecule has 0 fully saturated rings. The third-order valence-corrected chi connectivity index (χ3v) is 17.4. The van der Waals surface area contributed by atoms with Gasteiger partial charge in [0.05, 0.1) is 22.6 Å². The number of amides is 2. The molecule has 1 unspecified atom stereocenters. The van der Waals surface area contributed by atoms with E-state index in [0.717, 1.165) is 22.5 Å². The number of nitrogens with one attached hydrogen (secondary N) is 8. The normalized spacial score (nSPS) is 10.7. The maximum atomic E-state index is 13.8. The topological polar surface area (TPSA) is 483 Å². The number of fused-ring (bicyclic) bond motifs is 2. The third kappa shape index (κ3) is 35.1. The van der Waals surface area contributed by atoms with Crippen molar-refractivity contribution in [2.75, 3.05) is 32.7 Å². The highest BCUT2D eigenvalue weighted by Gasteiger charge is 2.22. The molecule has 0 aliphatic rings. The molecule has 0 bridgehead atoms. The van der Waals surface area contributed by atoms with E-state index in [1.54, 1.807) is 240 Å². The molecular formula is C92H115ClF5N21O11. The number of nitrogens with two attached hydrogens (primary N) is 4. The van der Waals surface area contributed by atoms with Gasteiger partial charge in [0.15, 0.2) is 17.1 Å². The number of H-pyrrole nitrogens is 3. The minimum atomic E-state index is -0.839. The van der Waals surface area contributed by atoms with Crippen molar-refractivity contribution in [1.82, 2.24) is 55.0 Å². The Kier molecular flexibility index (Phi) is 41.4. The van der Waals surface area contributed by atoms with Gasteiger partial charge in [-0.15, -0.1) is 4.99 Å². The van der Waals surface area contributed by atoms with Gasteiger partial charge in [-0.2, -0.15) is 10.1 Å². The number of rotatable bonds is 11. The first kappa shape index (κ1) is 109. The van der Waals surface area contributed by atoms with Gasteiger partial charge in [0.2, 0.25) is 23.8 Å². The van der Waals surface area contributed by atoms with Crippen LogP contribution in [0.25, 0.3) is 22.2 Å². The summed E-state index contributed by atoms with van der Waals surface area (Å²) in [5.74, 6) is -0.828. The van der Waals surface area contributed by atoms with E-state index in [2.05, 4.69) is 81.5 Å². The van der Waals surface area contributed by atoms with Crippen molar-refractivity contribution in [2.45, 2.75) is 179 Å². The van der Waals surface area contributed by atoms with Crippen molar-refractivity contribution in [3.8, 4) is 0 Å². The Hall–Kier alpha value is -14.9. The fourth-order valence-electron chi connectivity index (χ4n) is 10.7. The van der Waals surface area contributed by atoms with Gasteiger partial charge in [-0.1, -0.05) is 33.9 Å². The van der Waals surface area contributed by atoms with Crippen LogP contribution < -0.4 is 66.6 Å². The van der Waals surface area contributed by atoms with Gasteiger partial charge in [-0.25, -0.2) is 70.7 Å². The van der Waals surface area contributed by atoms with E-state index in [1.807, 2.05) is 13.8 Å². The van der Waals surface area contributed by atoms with E-state index in [-0.39, 0.29) is 74.6 Å². The Labute approximate surface area is 755 Å². The van der Waals surface area contributed by atoms with E-state index in [1.165, 1.54) is 30.2 Å². The van der Waals surface area contributed by atoms with Crippen molar-refractivity contribution in [2.24, 2.45) is 27.4 Å². The SMILES string of the molecule is C.C.C.CC(=O)C(C)C=O.CC(C)(C)OC(=O)N=C(NC(=O)OC(C)(C)C)n1cccn1.Cc1cc(N)cc(C)c1F.Cc1cc(N=C(N)N)cc(C)c1F.Cc1cc(Nc2ncc(C)c(=O)[nH]2)cc(C)c1F.Cc1cnc(Nc2cc(C)c(F)c(C)c2)nc1Cl.Cc1cnc(Nc2cc(C)c(F)c(C)c2)nc1Nc1ccc2oc(=O)[nH]c2c1.Nc1ccc2oc(=O)[nH]c2c1. The van der Waals surface area contributed by atoms with Crippen LogP contribution in [0.3, 0.4) is 0 Å². The molecule has 0 radical (unpaired) electrons. The zero-order valence-corrected chi connectivity index (χ0v) is 74.7. The lowest BCUT2D eigenvalue weighted by Crippen LogP contribution is -2.40. The molecule has 6 aromatic heterocycles. The smallest absolute Gasteiger partial charge is 0.437 e. The maximum Gasteiger partial charge on any atom is 0.437 e. The molecule has 7 aromatic carbocycles. The Morgan fingerprint density at radius 2 is 0.946 bits per heavy atom. The molecule has 6 heterocycles. The summed E-state index contributed by atoms with van der Waals surface area (Å²) >= 11 is 5.92. The summed E-state index contributed by atoms with van der Waals surface area (Å²) < 4.78 is 88.0. The Morgan fingerprint density at radius 3 is 1.36 bits per heavy atom. The second-order valence-electron chi connectivity index (χ2n) is 30.8. The lowest BCUT2D eigenvalue weighted by Gasteiger charge is -2.20. The summed E-state index contributed by atoms with van der Waals surface area (Å²) in [6.07, 6.45) is 6.90. The van der Waals surface area contributed by atoms with Crippen LogP contribution in [0.15, 0.2) is 167 Å². The number of alkyl carbamates (subject to hydrolysis) is 1. The molecule has 13 rings (SSSR count). The van der Waals surface area contributed by atoms with Crippen molar-refractivity contribution in [1.29, 1.82) is 0 Å². The first-order chi connectivity index (χ1) is 59.3. The number of halogens is 6. The number of carbonyl (C=O) groups excluding carboxylic acids is 4. The Morgan fingerprint density at radius 1 is 0.523 bits per heavy atom. The second kappa shape index (κ2) is 49.3. The molecule has 13 aromatic rings. The monoisotopic (exact) mass is 1820 g/mol. The molecule has 0 saturated carbocycles. The summed E-state index contributed by atoms with van der Waals surface area (Å²) in [5, 5.41) is 19.0. The van der Waals surface area contributed by atoms with Crippen molar-refractivity contribution in [3.63, 3.8) is 0 Å². The van der Waals surface area contributed by atoms with Gasteiger partial charge in [-0.05, 0) is 304 Å². The lowest BCUT2D eigenvalue weighted by molar-refractivity contribution is -0.125. The fourth-order valence-corrected chi connectivity index (χ4v) is 10.9. The standard InChI is InChI=1S/C20H18FN5O2.C14H22N4O4.C13H13ClFN3.C13H14FN3O.C9H12FN3.C8H10FN.C7H6N2O2.C5H8O2.3CH4/c1-10-6-14(7-11(2)17(10)21)24-19-22-9-12(3)18(26-19)23-13-4-5-16-15(8-13)25-20(27)28-16;1-13(2,3)21-11(19)16-10(18-9-7-8-15-18)17-12(20)22-14(4,5)6;1-7-4-10(5-8(2)11(7)15)17-13-16-6-9(3)12(14)18-13;1-7-4-10(5-8(2)11(7)14)16-13-15-6-9(3)12(18)17-13;1-5-3-7(13-9(11)12)4-6(2)8(5)10;1-5-3-7(10)4-6(2)8(5)9;8-4-1-2-6-5(3-4)9-7(10)11-6;1-4(3-6)5(2)7;;;/h4-9H,1-3H3,(H,25,27)(H2,22,23,24,26);7-9H,1-6H3,(H,16,17,19,20);4-6H,1-3H3,(H,16,17,18);4-6H,1-3H3,(H2,15,16,17,18);3-4H,1-2H3,(H4,11,12,13);3-4H,10H2,1-2H3;1-3H,8H2,(H,9,10);3-4H,1-2H3;3*1H4. The van der Waals surface area contributed by atoms with Crippen LogP contribution in [-0.4, -0.2) is 97.0 Å². The third-order valence-electron chi connectivity index (χ3n) is 17.0. The number of aromatic nitrogens is 10. The van der Waals surface area contributed by atoms with E-state index in [0.29, 0.717) is 147 Å². The Balaban J connectivity index is 0.000000393. The van der Waals surface area contributed by atoms with E-state index in [4.69, 9.17) is 52.8 Å². The molecule has 696 valence electrons. The van der Waals surface area contributed by atoms with Gasteiger partial charge in [0.25, 0.3) is 5.56 Å². The largest absolute Gasteiger partial charge is 0.444 e. The lowest BCUT2D eigenvalue weighted by atomic mass is 10.1. The zero-order valence-electron chi connectivity index (χ0n) is 73.9. The summed E-state index contributed by atoms with van der Waals surface area (Å²) in [7, 11) is 0. The molecule has 16 N–H and O–H groups in total. The van der Waals surface area contributed by atoms with Gasteiger partial charge >= 0.3 is 23.7 Å². The van der Waals surface area contributed by atoms with Gasteiger partial charge in [0, 0.05) is 81.8 Å². The second-order valence-corrected chi connectivity index (χ2v) is 31.2. The van der Waals surface area contributed by atoms with Crippen LogP contribution in [0.2, 0.25) is 5.15 Å². The van der Waals surface area contributed by atoms with Crippen molar-refractivity contribution < 1.29 is 59.4 Å². The summed E-state index contributed by atoms with van der Waals surface area (Å²) in [6, 6.07) is 28.5. The van der Waals surface area contributed by atoms with Gasteiger partial charge < -0.3 is 67.3 Å². The van der Waals surface area contributed by atoms with Gasteiger partial charge in [-0.3, -0.25) is 29.9 Å². The number of benzene rings is 7. The molecule has 0 aliphatic heterocycles. The van der Waals surface area contributed by atoms with Crippen molar-refractivity contribution in [3.05, 3.63) is 272 Å². The number of carbonyl (C=O) groups is 4. The molecule has 0 saturated heterocycles. The number of hydrogen-bond donors (Lipinski definition) is 12. The summed E-state index contributed by atoms with van der Waals surface area (Å²) in [4.78, 5) is 113. The van der Waals surface area contributed by atoms with Crippen molar-refractivity contribution >= 4 is 133 Å². The number of aromatic amines is 3. The predicted octanol–water partition coefficient (Wildman–Crippen LogP) is 19.9. The molecule has 32 nitrogen and oxygen atoms in total. The number of hydrogen-bond acceptors (Lipinski definition) is 24. The van der Waals surface area contributed by atoms with Crippen LogP contribution >= 0.6 is 11.6 Å². The number of aldehydes is 1. The number of aliphatic imine (C=N–C) groups is 2. The summed E-state index contributed by atoms with van der Waals surface area (Å²) in [5.41, 5.74) is 34.6. The highest BCUT2D eigenvalue weighted by molar-refractivity contribution is 6.30. The molecule has 2 amide bonds. The average Bonchev–Trinajstić information content (AvgIpc) is 1.67. The Bertz CT molecular complexity index is 6220. The first-order valence-electron chi connectivity index (χ1n) is 38.8. The van der Waals surface area contributed by atoms with E-state index in [9.17, 15) is 55.5 Å². The quantitative estimate of drug-likeness (QED) is 0.0109. The minimum absolute atomic E-state index is 0. The molecule has 0 aliphatic carbocycles. The average molecular weight is 1820 g/mol. The molecule has 1 atom stereocenters. The highest BCUT2D eigenvalue weighted by atomic mass is 35.5. The van der Waals surface area contributed by atoms with Crippen LogP contribution in [-0.2, 0) is 19.1 Å². The highest BCUT2D eigenvalue weighted by Crippen LogP contribution is 2.28. The van der Waals surface area contributed by atoms with Gasteiger partial charge in [0.1, 0.15) is 63.3 Å². The van der Waals surface area contributed by atoms with Crippen LogP contribution in [0.5, 0.6) is 0 Å². The van der Waals surface area contributed by atoms with Crippen LogP contribution in [0.1, 0.15) is 150 Å². The van der Waals surface area contributed by atoms with E-state index < -0.39 is 40.8 Å². The summed E-state index contributed by atoms with van der Waals surface area (Å²) in [6.45, 7) is 35.7. The molecular weight excluding hydrogens is 1710 g/mol. The number of oxazole rings is 2.